The van der Waals surface area contributed by atoms with E-state index >= 15 is 0 Å². The highest BCUT2D eigenvalue weighted by Gasteiger charge is 2.35. The van der Waals surface area contributed by atoms with E-state index in [-0.39, 0.29) is 11.0 Å². The van der Waals surface area contributed by atoms with Crippen LogP contribution in [0.15, 0.2) is 36.4 Å². The van der Waals surface area contributed by atoms with Gasteiger partial charge in [-0.25, -0.2) is 0 Å². The van der Waals surface area contributed by atoms with Crippen molar-refractivity contribution in [2.45, 2.75) is 46.0 Å². The highest BCUT2D eigenvalue weighted by atomic mass is 32.1. The fourth-order valence-electron chi connectivity index (χ4n) is 3.93. The molecule has 0 bridgehead atoms. The summed E-state index contributed by atoms with van der Waals surface area (Å²) in [5.41, 5.74) is 8.69. The van der Waals surface area contributed by atoms with E-state index < -0.39 is 29.6 Å². The number of carboxylic acids is 1. The van der Waals surface area contributed by atoms with Crippen molar-refractivity contribution >= 4 is 34.1 Å². The van der Waals surface area contributed by atoms with Crippen molar-refractivity contribution < 1.29 is 19.5 Å². The average molecular weight is 441 g/mol. The summed E-state index contributed by atoms with van der Waals surface area (Å²) in [4.78, 5) is 37.7. The molecule has 6 nitrogen and oxygen atoms in total. The molecule has 0 unspecified atom stereocenters. The summed E-state index contributed by atoms with van der Waals surface area (Å²) in [6, 6.07) is 7.97. The summed E-state index contributed by atoms with van der Waals surface area (Å²) in [6.45, 7) is 8.27. The van der Waals surface area contributed by atoms with Gasteiger partial charge in [-0.2, -0.15) is 0 Å². The van der Waals surface area contributed by atoms with E-state index in [1.54, 1.807) is 6.08 Å². The predicted molar refractivity (Wildman–Crippen MR) is 123 cm³/mol. The molecule has 7 heteroatoms. The first kappa shape index (κ1) is 22.7. The molecule has 1 aromatic heterocycles. The molecule has 1 aliphatic rings. The SMILES string of the molecule is Cc1sc(NC(=O)[C@@H]2CC=CC[C@@H]2C(=O)O)c(C(N)=O)c1-c1ccc(C(C)(C)C)cc1. The molecule has 4 N–H and O–H groups in total. The number of carbonyl (C=O) groups is 3. The van der Waals surface area contributed by atoms with Gasteiger partial charge in [0.2, 0.25) is 5.91 Å². The molecular weight excluding hydrogens is 412 g/mol. The quantitative estimate of drug-likeness (QED) is 0.584. The molecule has 3 rings (SSSR count). The zero-order valence-corrected chi connectivity index (χ0v) is 19.0. The molecule has 0 spiro atoms. The van der Waals surface area contributed by atoms with Crippen molar-refractivity contribution in [3.63, 3.8) is 0 Å². The Balaban J connectivity index is 1.96. The summed E-state index contributed by atoms with van der Waals surface area (Å²) >= 11 is 1.28. The molecule has 2 amide bonds. The van der Waals surface area contributed by atoms with Crippen LogP contribution in [0.3, 0.4) is 0 Å². The highest BCUT2D eigenvalue weighted by molar-refractivity contribution is 7.17. The number of hydrogen-bond acceptors (Lipinski definition) is 4. The van der Waals surface area contributed by atoms with Crippen LogP contribution < -0.4 is 11.1 Å². The zero-order valence-electron chi connectivity index (χ0n) is 18.2. The number of thiophene rings is 1. The Hall–Kier alpha value is -2.93. The number of carbonyl (C=O) groups excluding carboxylic acids is 2. The van der Waals surface area contributed by atoms with Crippen molar-refractivity contribution in [2.24, 2.45) is 17.6 Å². The Morgan fingerprint density at radius 1 is 1.06 bits per heavy atom. The maximum Gasteiger partial charge on any atom is 0.307 e. The van der Waals surface area contributed by atoms with Gasteiger partial charge in [-0.1, -0.05) is 57.2 Å². The minimum absolute atomic E-state index is 0.00297. The Morgan fingerprint density at radius 3 is 2.16 bits per heavy atom. The number of aryl methyl sites for hydroxylation is 1. The number of nitrogens with two attached hydrogens (primary N) is 1. The Bertz CT molecular complexity index is 1040. The van der Waals surface area contributed by atoms with Crippen molar-refractivity contribution in [3.05, 3.63) is 52.4 Å². The molecule has 0 saturated carbocycles. The number of hydrogen-bond donors (Lipinski definition) is 3. The number of amides is 2. The highest BCUT2D eigenvalue weighted by Crippen LogP contribution is 2.41. The van der Waals surface area contributed by atoms with E-state index in [0.717, 1.165) is 10.4 Å². The molecule has 1 aromatic carbocycles. The summed E-state index contributed by atoms with van der Waals surface area (Å²) in [5, 5.41) is 12.6. The third-order valence-electron chi connectivity index (χ3n) is 5.69. The van der Waals surface area contributed by atoms with E-state index in [4.69, 9.17) is 5.73 Å². The molecule has 0 saturated heterocycles. The lowest BCUT2D eigenvalue weighted by atomic mass is 9.82. The summed E-state index contributed by atoms with van der Waals surface area (Å²) in [5.74, 6) is -3.52. The molecule has 2 aromatic rings. The van der Waals surface area contributed by atoms with E-state index in [0.29, 0.717) is 23.4 Å². The van der Waals surface area contributed by atoms with Gasteiger partial charge in [0.25, 0.3) is 5.91 Å². The monoisotopic (exact) mass is 440 g/mol. The molecule has 1 heterocycles. The first-order chi connectivity index (χ1) is 14.5. The second-order valence-electron chi connectivity index (χ2n) is 8.91. The van der Waals surface area contributed by atoms with Crippen LogP contribution >= 0.6 is 11.3 Å². The number of carboxylic acid groups (broad SMARTS) is 1. The van der Waals surface area contributed by atoms with Crippen molar-refractivity contribution in [3.8, 4) is 11.1 Å². The fourth-order valence-corrected chi connectivity index (χ4v) is 5.02. The second kappa shape index (κ2) is 8.67. The molecule has 2 atom stereocenters. The number of rotatable bonds is 5. The van der Waals surface area contributed by atoms with Crippen LogP contribution in [0.1, 0.15) is 54.4 Å². The third kappa shape index (κ3) is 4.71. The number of allylic oxidation sites excluding steroid dienone is 2. The lowest BCUT2D eigenvalue weighted by Gasteiger charge is -2.24. The maximum absolute atomic E-state index is 12.9. The maximum atomic E-state index is 12.9. The Kier molecular flexibility index (Phi) is 6.36. The molecule has 1 aliphatic carbocycles. The van der Waals surface area contributed by atoms with Gasteiger partial charge in [-0.05, 0) is 36.3 Å². The topological polar surface area (TPSA) is 109 Å². The minimum atomic E-state index is -0.999. The van der Waals surface area contributed by atoms with Gasteiger partial charge in [0.15, 0.2) is 0 Å². The van der Waals surface area contributed by atoms with Crippen LogP contribution in [0.25, 0.3) is 11.1 Å². The van der Waals surface area contributed by atoms with Gasteiger partial charge >= 0.3 is 5.97 Å². The van der Waals surface area contributed by atoms with Crippen LogP contribution in [0, 0.1) is 18.8 Å². The number of anilines is 1. The Morgan fingerprint density at radius 2 is 1.65 bits per heavy atom. The largest absolute Gasteiger partial charge is 0.481 e. The van der Waals surface area contributed by atoms with Gasteiger partial charge in [-0.15, -0.1) is 11.3 Å². The predicted octanol–water partition coefficient (Wildman–Crippen LogP) is 4.73. The number of benzene rings is 1. The van der Waals surface area contributed by atoms with Gasteiger partial charge < -0.3 is 16.2 Å². The smallest absolute Gasteiger partial charge is 0.307 e. The molecule has 0 fully saturated rings. The van der Waals surface area contributed by atoms with E-state index in [2.05, 4.69) is 26.1 Å². The lowest BCUT2D eigenvalue weighted by molar-refractivity contribution is -0.146. The molecule has 164 valence electrons. The number of primary amides is 1. The van der Waals surface area contributed by atoms with Crippen molar-refractivity contribution in [1.29, 1.82) is 0 Å². The standard InChI is InChI=1S/C24H28N2O4S/c1-13-18(14-9-11-15(12-10-14)24(2,3)4)19(20(25)27)22(31-13)26-21(28)16-7-5-6-8-17(16)23(29)30/h5-6,9-12,16-17H,7-8H2,1-4H3,(H2,25,27)(H,26,28)(H,29,30)/t16-,17+/m1/s1. The van der Waals surface area contributed by atoms with Crippen LogP contribution in [-0.4, -0.2) is 22.9 Å². The van der Waals surface area contributed by atoms with Crippen LogP contribution in [0.2, 0.25) is 0 Å². The van der Waals surface area contributed by atoms with Gasteiger partial charge in [0.1, 0.15) is 5.00 Å². The summed E-state index contributed by atoms with van der Waals surface area (Å²) in [7, 11) is 0. The first-order valence-electron chi connectivity index (χ1n) is 10.2. The van der Waals surface area contributed by atoms with Crippen LogP contribution in [0.5, 0.6) is 0 Å². The van der Waals surface area contributed by atoms with Crippen molar-refractivity contribution in [1.82, 2.24) is 0 Å². The molecule has 0 aliphatic heterocycles. The summed E-state index contributed by atoms with van der Waals surface area (Å²) < 4.78 is 0. The zero-order chi connectivity index (χ0) is 22.9. The van der Waals surface area contributed by atoms with Gasteiger partial charge in [0, 0.05) is 10.4 Å². The molecular formula is C24H28N2O4S. The van der Waals surface area contributed by atoms with Crippen LogP contribution in [0.4, 0.5) is 5.00 Å². The fraction of sp³-hybridized carbons (Fsp3) is 0.375. The number of nitrogens with one attached hydrogen (secondary N) is 1. The van der Waals surface area contributed by atoms with E-state index in [1.165, 1.54) is 16.9 Å². The summed E-state index contributed by atoms with van der Waals surface area (Å²) in [6.07, 6.45) is 4.26. The lowest BCUT2D eigenvalue weighted by Crippen LogP contribution is -2.35. The average Bonchev–Trinajstić information content (AvgIpc) is 3.03. The Labute approximate surface area is 186 Å². The minimum Gasteiger partial charge on any atom is -0.481 e. The normalized spacial score (nSPS) is 18.6. The van der Waals surface area contributed by atoms with Gasteiger partial charge in [-0.3, -0.25) is 14.4 Å². The molecule has 31 heavy (non-hydrogen) atoms. The number of aliphatic carboxylic acids is 1. The van der Waals surface area contributed by atoms with E-state index in [9.17, 15) is 19.5 Å². The second-order valence-corrected chi connectivity index (χ2v) is 10.1. The van der Waals surface area contributed by atoms with Crippen LogP contribution in [-0.2, 0) is 15.0 Å². The molecule has 0 radical (unpaired) electrons. The first-order valence-corrected chi connectivity index (χ1v) is 11.0. The van der Waals surface area contributed by atoms with Gasteiger partial charge in [0.05, 0.1) is 17.4 Å². The van der Waals surface area contributed by atoms with Crippen molar-refractivity contribution in [2.75, 3.05) is 5.32 Å². The van der Waals surface area contributed by atoms with E-state index in [1.807, 2.05) is 37.3 Å². The third-order valence-corrected chi connectivity index (χ3v) is 6.71.